The van der Waals surface area contributed by atoms with Crippen LogP contribution in [0.2, 0.25) is 0 Å². The number of methoxy groups -OCH3 is 2. The molecule has 82 valence electrons. The zero-order valence-corrected chi connectivity index (χ0v) is 8.99. The van der Waals surface area contributed by atoms with E-state index in [2.05, 4.69) is 12.0 Å². The maximum Gasteiger partial charge on any atom is 0.127 e. The van der Waals surface area contributed by atoms with Crippen LogP contribution in [0.25, 0.3) is 0 Å². The zero-order valence-electron chi connectivity index (χ0n) is 8.99. The van der Waals surface area contributed by atoms with Gasteiger partial charge in [0.1, 0.15) is 11.5 Å². The number of hydrazine groups is 1. The number of nitrogens with one attached hydrogen (secondary N) is 1. The Kier molecular flexibility index (Phi) is 4.15. The summed E-state index contributed by atoms with van der Waals surface area (Å²) >= 11 is 0. The molecule has 4 heteroatoms. The van der Waals surface area contributed by atoms with Gasteiger partial charge in [0.25, 0.3) is 0 Å². The highest BCUT2D eigenvalue weighted by molar-refractivity contribution is 5.48. The van der Waals surface area contributed by atoms with E-state index < -0.39 is 0 Å². The number of hydrogen-bond donors (Lipinski definition) is 2. The lowest BCUT2D eigenvalue weighted by atomic mass is 10.0. The van der Waals surface area contributed by atoms with Crippen molar-refractivity contribution in [2.24, 2.45) is 5.84 Å². The molecule has 0 fully saturated rings. The lowest BCUT2D eigenvalue weighted by molar-refractivity contribution is 0.378. The maximum absolute atomic E-state index is 5.43. The summed E-state index contributed by atoms with van der Waals surface area (Å²) in [4.78, 5) is 0. The van der Waals surface area contributed by atoms with Crippen LogP contribution in [0, 0.1) is 0 Å². The predicted octanol–water partition coefficient (Wildman–Crippen LogP) is 1.39. The number of hydrogen-bond acceptors (Lipinski definition) is 4. The molecular formula is C11H16N2O2. The van der Waals surface area contributed by atoms with Crippen LogP contribution in [0.3, 0.4) is 0 Å². The molecule has 0 aromatic heterocycles. The Bertz CT molecular complexity index is 317. The molecule has 1 atom stereocenters. The summed E-state index contributed by atoms with van der Waals surface area (Å²) in [6, 6.07) is 5.37. The van der Waals surface area contributed by atoms with Crippen LogP contribution in [0.4, 0.5) is 0 Å². The largest absolute Gasteiger partial charge is 0.496 e. The number of ether oxygens (including phenoxy) is 2. The lowest BCUT2D eigenvalue weighted by Crippen LogP contribution is -2.27. The Balaban J connectivity index is 3.26. The Morgan fingerprint density at radius 3 is 2.20 bits per heavy atom. The van der Waals surface area contributed by atoms with Crippen LogP contribution in [-0.2, 0) is 0 Å². The molecule has 1 unspecified atom stereocenters. The van der Waals surface area contributed by atoms with Crippen molar-refractivity contribution in [3.63, 3.8) is 0 Å². The van der Waals surface area contributed by atoms with Gasteiger partial charge in [0.2, 0.25) is 0 Å². The maximum atomic E-state index is 5.43. The van der Waals surface area contributed by atoms with Crippen molar-refractivity contribution in [1.29, 1.82) is 0 Å². The molecule has 0 aliphatic heterocycles. The molecule has 0 radical (unpaired) electrons. The standard InChI is InChI=1S/C11H16N2O2/c1-4-8(13-12)11-9(14-2)6-5-7-10(11)15-3/h4-8,13H,1,12H2,2-3H3. The van der Waals surface area contributed by atoms with Crippen molar-refractivity contribution in [1.82, 2.24) is 5.43 Å². The van der Waals surface area contributed by atoms with Gasteiger partial charge in [-0.1, -0.05) is 12.1 Å². The van der Waals surface area contributed by atoms with Crippen LogP contribution in [0.5, 0.6) is 11.5 Å². The van der Waals surface area contributed by atoms with E-state index in [9.17, 15) is 0 Å². The third-order valence-electron chi connectivity index (χ3n) is 2.19. The zero-order chi connectivity index (χ0) is 11.3. The van der Waals surface area contributed by atoms with E-state index in [0.29, 0.717) is 0 Å². The highest BCUT2D eigenvalue weighted by atomic mass is 16.5. The Morgan fingerprint density at radius 1 is 1.33 bits per heavy atom. The third kappa shape index (κ3) is 2.29. The lowest BCUT2D eigenvalue weighted by Gasteiger charge is -2.18. The van der Waals surface area contributed by atoms with E-state index in [1.165, 1.54) is 0 Å². The third-order valence-corrected chi connectivity index (χ3v) is 2.19. The first-order chi connectivity index (χ1) is 7.28. The summed E-state index contributed by atoms with van der Waals surface area (Å²) < 4.78 is 10.5. The Morgan fingerprint density at radius 2 is 1.87 bits per heavy atom. The van der Waals surface area contributed by atoms with Gasteiger partial charge >= 0.3 is 0 Å². The SMILES string of the molecule is C=CC(NN)c1c(OC)cccc1OC. The van der Waals surface area contributed by atoms with Crippen molar-refractivity contribution in [2.75, 3.05) is 14.2 Å². The number of rotatable bonds is 5. The van der Waals surface area contributed by atoms with Gasteiger partial charge < -0.3 is 9.47 Å². The normalized spacial score (nSPS) is 11.9. The second-order valence-corrected chi connectivity index (χ2v) is 2.96. The molecule has 0 saturated heterocycles. The fourth-order valence-corrected chi connectivity index (χ4v) is 1.46. The van der Waals surface area contributed by atoms with Crippen molar-refractivity contribution in [3.8, 4) is 11.5 Å². The second-order valence-electron chi connectivity index (χ2n) is 2.96. The topological polar surface area (TPSA) is 56.5 Å². The van der Waals surface area contributed by atoms with Gasteiger partial charge in [-0.3, -0.25) is 5.84 Å². The molecule has 15 heavy (non-hydrogen) atoms. The molecule has 4 nitrogen and oxygen atoms in total. The Hall–Kier alpha value is -1.52. The van der Waals surface area contributed by atoms with Crippen LogP contribution in [0.15, 0.2) is 30.9 Å². The monoisotopic (exact) mass is 208 g/mol. The van der Waals surface area contributed by atoms with Gasteiger partial charge in [-0.2, -0.15) is 0 Å². The van der Waals surface area contributed by atoms with Crippen molar-refractivity contribution in [2.45, 2.75) is 6.04 Å². The van der Waals surface area contributed by atoms with Crippen LogP contribution >= 0.6 is 0 Å². The van der Waals surface area contributed by atoms with E-state index >= 15 is 0 Å². The number of nitrogens with two attached hydrogens (primary N) is 1. The molecule has 1 aromatic rings. The van der Waals surface area contributed by atoms with Crippen LogP contribution in [0.1, 0.15) is 11.6 Å². The fourth-order valence-electron chi connectivity index (χ4n) is 1.46. The first-order valence-corrected chi connectivity index (χ1v) is 4.58. The van der Waals surface area contributed by atoms with Crippen molar-refractivity contribution in [3.05, 3.63) is 36.4 Å². The summed E-state index contributed by atoms with van der Waals surface area (Å²) in [6.07, 6.45) is 1.69. The summed E-state index contributed by atoms with van der Waals surface area (Å²) in [6.45, 7) is 3.71. The first-order valence-electron chi connectivity index (χ1n) is 4.58. The molecule has 0 aliphatic carbocycles. The van der Waals surface area contributed by atoms with Gasteiger partial charge in [0, 0.05) is 0 Å². The second kappa shape index (κ2) is 5.38. The van der Waals surface area contributed by atoms with Crippen molar-refractivity contribution < 1.29 is 9.47 Å². The first kappa shape index (κ1) is 11.6. The molecule has 3 N–H and O–H groups in total. The van der Waals surface area contributed by atoms with Crippen molar-refractivity contribution >= 4 is 0 Å². The van der Waals surface area contributed by atoms with Gasteiger partial charge in [-0.15, -0.1) is 6.58 Å². The molecule has 1 aromatic carbocycles. The molecule has 0 aliphatic rings. The summed E-state index contributed by atoms with van der Waals surface area (Å²) in [5, 5.41) is 0. The van der Waals surface area contributed by atoms with Gasteiger partial charge in [-0.05, 0) is 12.1 Å². The van der Waals surface area contributed by atoms with E-state index in [1.54, 1.807) is 20.3 Å². The summed E-state index contributed by atoms with van der Waals surface area (Å²) in [7, 11) is 3.21. The van der Waals surface area contributed by atoms with Gasteiger partial charge in [0.05, 0.1) is 25.8 Å². The van der Waals surface area contributed by atoms with E-state index in [0.717, 1.165) is 17.1 Å². The average Bonchev–Trinajstić information content (AvgIpc) is 2.30. The minimum absolute atomic E-state index is 0.198. The van der Waals surface area contributed by atoms with Gasteiger partial charge in [0.15, 0.2) is 0 Å². The van der Waals surface area contributed by atoms with Crippen LogP contribution in [-0.4, -0.2) is 14.2 Å². The minimum Gasteiger partial charge on any atom is -0.496 e. The van der Waals surface area contributed by atoms with Crippen LogP contribution < -0.4 is 20.7 Å². The summed E-state index contributed by atoms with van der Waals surface area (Å²) in [5.41, 5.74) is 3.49. The minimum atomic E-state index is -0.198. The molecular weight excluding hydrogens is 192 g/mol. The van der Waals surface area contributed by atoms with E-state index in [4.69, 9.17) is 15.3 Å². The molecule has 0 amide bonds. The quantitative estimate of drug-likeness (QED) is 0.436. The molecule has 1 rings (SSSR count). The smallest absolute Gasteiger partial charge is 0.127 e. The molecule has 0 bridgehead atoms. The molecule has 0 saturated carbocycles. The summed E-state index contributed by atoms with van der Waals surface area (Å²) in [5.74, 6) is 6.87. The highest BCUT2D eigenvalue weighted by Crippen LogP contribution is 2.33. The van der Waals surface area contributed by atoms with E-state index in [-0.39, 0.29) is 6.04 Å². The number of benzene rings is 1. The molecule has 0 heterocycles. The molecule has 0 spiro atoms. The Labute approximate surface area is 89.7 Å². The van der Waals surface area contributed by atoms with E-state index in [1.807, 2.05) is 18.2 Å². The fraction of sp³-hybridized carbons (Fsp3) is 0.273. The van der Waals surface area contributed by atoms with Gasteiger partial charge in [-0.25, -0.2) is 5.43 Å². The average molecular weight is 208 g/mol. The predicted molar refractivity (Wildman–Crippen MR) is 59.8 cm³/mol. The highest BCUT2D eigenvalue weighted by Gasteiger charge is 2.16.